The summed E-state index contributed by atoms with van der Waals surface area (Å²) in [6.45, 7) is -2.28. The topological polar surface area (TPSA) is 81.4 Å². The van der Waals surface area contributed by atoms with Crippen LogP contribution in [0.25, 0.3) is 0 Å². The summed E-state index contributed by atoms with van der Waals surface area (Å²) in [6, 6.07) is 5.98. The van der Waals surface area contributed by atoms with Crippen molar-refractivity contribution in [1.29, 1.82) is 0 Å². The van der Waals surface area contributed by atoms with E-state index in [4.69, 9.17) is 5.73 Å². The van der Waals surface area contributed by atoms with Gasteiger partial charge in [-0.2, -0.15) is 13.2 Å². The van der Waals surface area contributed by atoms with Crippen LogP contribution in [0.2, 0.25) is 0 Å². The number of carbonyl (C=O) groups excluding carboxylic acids is 2. The number of amides is 1. The predicted molar refractivity (Wildman–Crippen MR) is 60.2 cm³/mol. The molecule has 0 aliphatic heterocycles. The number of alkyl halides is 3. The summed E-state index contributed by atoms with van der Waals surface area (Å²) in [5.41, 5.74) is 5.70. The fourth-order valence-corrected chi connectivity index (χ4v) is 1.14. The maximum atomic E-state index is 11.8. The van der Waals surface area contributed by atoms with Gasteiger partial charge in [-0.05, 0) is 12.1 Å². The molecule has 104 valence electrons. The molecule has 8 heteroatoms. The number of halogens is 3. The van der Waals surface area contributed by atoms with Crippen molar-refractivity contribution in [2.75, 3.05) is 18.9 Å². The number of rotatable bonds is 4. The highest BCUT2D eigenvalue weighted by atomic mass is 19.4. The molecule has 0 spiro atoms. The van der Waals surface area contributed by atoms with Crippen LogP contribution in [0.3, 0.4) is 0 Å². The summed E-state index contributed by atoms with van der Waals surface area (Å²) in [5.74, 6) is -1.92. The first-order valence-corrected chi connectivity index (χ1v) is 5.14. The normalized spacial score (nSPS) is 10.9. The molecule has 0 heterocycles. The zero-order chi connectivity index (χ0) is 14.5. The number of nitrogens with two attached hydrogens (primary N) is 1. The highest BCUT2D eigenvalue weighted by Crippen LogP contribution is 2.13. The summed E-state index contributed by atoms with van der Waals surface area (Å²) in [7, 11) is 0. The fraction of sp³-hybridized carbons (Fsp3) is 0.273. The van der Waals surface area contributed by atoms with Gasteiger partial charge in [0.05, 0.1) is 5.56 Å². The Morgan fingerprint density at radius 1 is 1.26 bits per heavy atom. The van der Waals surface area contributed by atoms with E-state index in [1.54, 1.807) is 11.4 Å². The van der Waals surface area contributed by atoms with Crippen molar-refractivity contribution in [2.45, 2.75) is 6.18 Å². The Morgan fingerprint density at radius 2 is 1.89 bits per heavy atom. The van der Waals surface area contributed by atoms with Crippen LogP contribution >= 0.6 is 0 Å². The van der Waals surface area contributed by atoms with E-state index < -0.39 is 31.2 Å². The molecule has 0 aliphatic carbocycles. The van der Waals surface area contributed by atoms with E-state index in [9.17, 15) is 22.8 Å². The van der Waals surface area contributed by atoms with E-state index in [0.29, 0.717) is 0 Å². The van der Waals surface area contributed by atoms with Gasteiger partial charge in [-0.3, -0.25) is 4.79 Å². The van der Waals surface area contributed by atoms with Crippen molar-refractivity contribution in [3.63, 3.8) is 0 Å². The molecule has 3 N–H and O–H groups in total. The third-order valence-electron chi connectivity index (χ3n) is 2.00. The Labute approximate surface area is 106 Å². The van der Waals surface area contributed by atoms with Crippen molar-refractivity contribution >= 4 is 17.6 Å². The lowest BCUT2D eigenvalue weighted by Gasteiger charge is -2.09. The van der Waals surface area contributed by atoms with Gasteiger partial charge in [0.1, 0.15) is 6.54 Å². The summed E-state index contributed by atoms with van der Waals surface area (Å²) in [4.78, 5) is 22.5. The first-order chi connectivity index (χ1) is 8.79. The van der Waals surface area contributed by atoms with Crippen LogP contribution in [-0.2, 0) is 9.53 Å². The quantitative estimate of drug-likeness (QED) is 0.637. The van der Waals surface area contributed by atoms with E-state index in [1.807, 2.05) is 0 Å². The van der Waals surface area contributed by atoms with Crippen LogP contribution in [0.4, 0.5) is 18.9 Å². The number of para-hydroxylation sites is 1. The van der Waals surface area contributed by atoms with Crippen molar-refractivity contribution in [3.8, 4) is 0 Å². The molecule has 1 aromatic rings. The number of esters is 1. The molecule has 0 bridgehead atoms. The molecular weight excluding hydrogens is 265 g/mol. The molecule has 0 saturated carbocycles. The van der Waals surface area contributed by atoms with Crippen LogP contribution in [0.1, 0.15) is 10.4 Å². The summed E-state index contributed by atoms with van der Waals surface area (Å²) in [6.07, 6.45) is -4.51. The highest BCUT2D eigenvalue weighted by molar-refractivity contribution is 5.96. The van der Waals surface area contributed by atoms with Crippen LogP contribution in [0.5, 0.6) is 0 Å². The van der Waals surface area contributed by atoms with Gasteiger partial charge in [0.25, 0.3) is 5.91 Å². The number of benzene rings is 1. The first-order valence-electron chi connectivity index (χ1n) is 5.14. The molecule has 0 aliphatic rings. The molecule has 0 saturated heterocycles. The van der Waals surface area contributed by atoms with Gasteiger partial charge in [0.15, 0.2) is 6.61 Å². The second-order valence-electron chi connectivity index (χ2n) is 3.56. The Balaban J connectivity index is 2.43. The number of hydrogen-bond acceptors (Lipinski definition) is 4. The number of nitrogen functional groups attached to an aromatic ring is 1. The molecular formula is C11H11F3N2O3. The molecule has 0 aromatic heterocycles. The van der Waals surface area contributed by atoms with Gasteiger partial charge in [-0.25, -0.2) is 4.79 Å². The monoisotopic (exact) mass is 276 g/mol. The smallest absolute Gasteiger partial charge is 0.405 e. The van der Waals surface area contributed by atoms with Gasteiger partial charge in [-0.1, -0.05) is 12.1 Å². The number of anilines is 1. The number of carbonyl (C=O) groups is 2. The maximum Gasteiger partial charge on any atom is 0.405 e. The van der Waals surface area contributed by atoms with Crippen LogP contribution in [-0.4, -0.2) is 31.2 Å². The maximum absolute atomic E-state index is 11.8. The Bertz CT molecular complexity index is 474. The van der Waals surface area contributed by atoms with Crippen LogP contribution in [0.15, 0.2) is 24.3 Å². The summed E-state index contributed by atoms with van der Waals surface area (Å²) < 4.78 is 39.9. The molecule has 0 atom stereocenters. The lowest BCUT2D eigenvalue weighted by Crippen LogP contribution is -2.36. The van der Waals surface area contributed by atoms with E-state index >= 15 is 0 Å². The second-order valence-corrected chi connectivity index (χ2v) is 3.56. The number of hydrogen-bond donors (Lipinski definition) is 2. The molecule has 1 amide bonds. The molecule has 1 rings (SSSR count). The average molecular weight is 276 g/mol. The third kappa shape index (κ3) is 5.28. The minimum absolute atomic E-state index is 0.0473. The zero-order valence-corrected chi connectivity index (χ0v) is 9.66. The first kappa shape index (κ1) is 14.8. The number of nitrogens with one attached hydrogen (secondary N) is 1. The Kier molecular flexibility index (Phi) is 4.74. The molecule has 1 aromatic carbocycles. The van der Waals surface area contributed by atoms with Gasteiger partial charge in [0, 0.05) is 5.69 Å². The van der Waals surface area contributed by atoms with Crippen molar-refractivity contribution in [1.82, 2.24) is 5.32 Å². The van der Waals surface area contributed by atoms with Gasteiger partial charge in [-0.15, -0.1) is 0 Å². The Morgan fingerprint density at radius 3 is 2.47 bits per heavy atom. The van der Waals surface area contributed by atoms with Crippen molar-refractivity contribution in [2.24, 2.45) is 0 Å². The fourth-order valence-electron chi connectivity index (χ4n) is 1.14. The Hall–Kier alpha value is -2.25. The average Bonchev–Trinajstić information content (AvgIpc) is 2.33. The predicted octanol–water partition coefficient (Wildman–Crippen LogP) is 1.10. The summed E-state index contributed by atoms with van der Waals surface area (Å²) in [5, 5.41) is 1.57. The third-order valence-corrected chi connectivity index (χ3v) is 2.00. The molecule has 0 radical (unpaired) electrons. The lowest BCUT2D eigenvalue weighted by molar-refractivity contribution is -0.140. The molecule has 19 heavy (non-hydrogen) atoms. The summed E-state index contributed by atoms with van der Waals surface area (Å²) >= 11 is 0. The molecule has 0 unspecified atom stereocenters. The number of ether oxygens (including phenoxy) is 1. The standard InChI is InChI=1S/C11H11F3N2O3/c12-11(13,14)6-16-9(17)5-19-10(18)7-3-1-2-4-8(7)15/h1-4H,5-6,15H2,(H,16,17). The van der Waals surface area contributed by atoms with Gasteiger partial charge >= 0.3 is 12.1 Å². The SMILES string of the molecule is Nc1ccccc1C(=O)OCC(=O)NCC(F)(F)F. The van der Waals surface area contributed by atoms with Gasteiger partial charge in [0.2, 0.25) is 0 Å². The van der Waals surface area contributed by atoms with Crippen LogP contribution < -0.4 is 11.1 Å². The lowest BCUT2D eigenvalue weighted by atomic mass is 10.2. The second kappa shape index (κ2) is 6.07. The minimum atomic E-state index is -4.51. The van der Waals surface area contributed by atoms with Crippen molar-refractivity contribution < 1.29 is 27.5 Å². The highest BCUT2D eigenvalue weighted by Gasteiger charge is 2.27. The minimum Gasteiger partial charge on any atom is -0.452 e. The van der Waals surface area contributed by atoms with Gasteiger partial charge < -0.3 is 15.8 Å². The van der Waals surface area contributed by atoms with E-state index in [0.717, 1.165) is 0 Å². The molecule has 0 fully saturated rings. The van der Waals surface area contributed by atoms with E-state index in [1.165, 1.54) is 18.2 Å². The van der Waals surface area contributed by atoms with Crippen LogP contribution in [0, 0.1) is 0 Å². The zero-order valence-electron chi connectivity index (χ0n) is 9.66. The van der Waals surface area contributed by atoms with E-state index in [2.05, 4.69) is 4.74 Å². The van der Waals surface area contributed by atoms with Crippen molar-refractivity contribution in [3.05, 3.63) is 29.8 Å². The molecule has 5 nitrogen and oxygen atoms in total. The largest absolute Gasteiger partial charge is 0.452 e. The van der Waals surface area contributed by atoms with E-state index in [-0.39, 0.29) is 11.3 Å².